The van der Waals surface area contributed by atoms with E-state index in [1.54, 1.807) is 13.8 Å². The molecule has 92 valence electrons. The zero-order chi connectivity index (χ0) is 12.3. The van der Waals surface area contributed by atoms with Gasteiger partial charge in [-0.15, -0.1) is 0 Å². The van der Waals surface area contributed by atoms with E-state index in [2.05, 4.69) is 12.2 Å². The van der Waals surface area contributed by atoms with Crippen molar-refractivity contribution in [3.05, 3.63) is 0 Å². The largest absolute Gasteiger partial charge is 0.480 e. The third kappa shape index (κ3) is 2.54. The lowest BCUT2D eigenvalue weighted by Crippen LogP contribution is -2.53. The molecule has 2 N–H and O–H groups in total. The van der Waals surface area contributed by atoms with Crippen LogP contribution in [0.1, 0.15) is 46.5 Å². The van der Waals surface area contributed by atoms with E-state index in [1.165, 1.54) is 0 Å². The van der Waals surface area contributed by atoms with Gasteiger partial charge in [-0.1, -0.05) is 20.3 Å². The highest BCUT2D eigenvalue weighted by atomic mass is 16.4. The quantitative estimate of drug-likeness (QED) is 0.769. The van der Waals surface area contributed by atoms with Crippen LogP contribution in [-0.4, -0.2) is 22.5 Å². The molecule has 1 saturated carbocycles. The summed E-state index contributed by atoms with van der Waals surface area (Å²) in [6.07, 6.45) is 3.41. The molecule has 0 aromatic heterocycles. The van der Waals surface area contributed by atoms with Gasteiger partial charge in [0.15, 0.2) is 0 Å². The van der Waals surface area contributed by atoms with Crippen LogP contribution in [0.2, 0.25) is 0 Å². The highest BCUT2D eigenvalue weighted by Gasteiger charge is 2.37. The molecule has 16 heavy (non-hydrogen) atoms. The third-order valence-corrected chi connectivity index (χ3v) is 3.78. The fourth-order valence-corrected chi connectivity index (χ4v) is 2.19. The van der Waals surface area contributed by atoms with Gasteiger partial charge in [0.25, 0.3) is 0 Å². The van der Waals surface area contributed by atoms with Crippen LogP contribution in [0.3, 0.4) is 0 Å². The van der Waals surface area contributed by atoms with Crippen molar-refractivity contribution in [1.29, 1.82) is 0 Å². The van der Waals surface area contributed by atoms with Crippen molar-refractivity contribution >= 4 is 11.9 Å². The molecule has 1 aliphatic rings. The van der Waals surface area contributed by atoms with Crippen molar-refractivity contribution in [1.82, 2.24) is 5.32 Å². The summed E-state index contributed by atoms with van der Waals surface area (Å²) in [5.41, 5.74) is -1.13. The maximum absolute atomic E-state index is 12.0. The average Bonchev–Trinajstić information content (AvgIpc) is 2.64. The Labute approximate surface area is 96.4 Å². The van der Waals surface area contributed by atoms with Gasteiger partial charge in [0.2, 0.25) is 5.91 Å². The number of rotatable bonds is 4. The smallest absolute Gasteiger partial charge is 0.329 e. The summed E-state index contributed by atoms with van der Waals surface area (Å²) in [7, 11) is 0. The zero-order valence-corrected chi connectivity index (χ0v) is 10.2. The van der Waals surface area contributed by atoms with Crippen molar-refractivity contribution in [3.63, 3.8) is 0 Å². The molecule has 0 aromatic rings. The highest BCUT2D eigenvalue weighted by Crippen LogP contribution is 2.31. The molecule has 0 spiro atoms. The van der Waals surface area contributed by atoms with Crippen LogP contribution in [0.5, 0.6) is 0 Å². The predicted octanol–water partition coefficient (Wildman–Crippen LogP) is 1.79. The molecular weight excluding hydrogens is 206 g/mol. The number of hydrogen-bond acceptors (Lipinski definition) is 2. The van der Waals surface area contributed by atoms with Gasteiger partial charge < -0.3 is 10.4 Å². The summed E-state index contributed by atoms with van der Waals surface area (Å²) in [4.78, 5) is 23.0. The average molecular weight is 227 g/mol. The molecule has 0 aliphatic heterocycles. The van der Waals surface area contributed by atoms with Crippen LogP contribution in [0.25, 0.3) is 0 Å². The monoisotopic (exact) mass is 227 g/mol. The molecule has 0 saturated heterocycles. The number of carbonyl (C=O) groups excluding carboxylic acids is 1. The maximum Gasteiger partial charge on any atom is 0.329 e. The zero-order valence-electron chi connectivity index (χ0n) is 10.2. The van der Waals surface area contributed by atoms with E-state index in [0.717, 1.165) is 19.3 Å². The first-order chi connectivity index (χ1) is 7.40. The molecule has 1 fully saturated rings. The highest BCUT2D eigenvalue weighted by molar-refractivity contribution is 5.87. The number of carbonyl (C=O) groups is 2. The van der Waals surface area contributed by atoms with E-state index >= 15 is 0 Å². The number of carboxylic acids is 1. The SMILES string of the molecule is CCC(C)(NC(=O)C1CCCC1C)C(=O)O. The lowest BCUT2D eigenvalue weighted by molar-refractivity contribution is -0.147. The normalized spacial score (nSPS) is 28.4. The van der Waals surface area contributed by atoms with Crippen molar-refractivity contribution in [2.45, 2.75) is 52.0 Å². The van der Waals surface area contributed by atoms with Crippen LogP contribution in [0, 0.1) is 11.8 Å². The van der Waals surface area contributed by atoms with Gasteiger partial charge in [0.05, 0.1) is 0 Å². The van der Waals surface area contributed by atoms with Crippen LogP contribution in [0.4, 0.5) is 0 Å². The second kappa shape index (κ2) is 4.85. The summed E-state index contributed by atoms with van der Waals surface area (Å²) >= 11 is 0. The number of aliphatic carboxylic acids is 1. The minimum atomic E-state index is -1.13. The van der Waals surface area contributed by atoms with Gasteiger partial charge in [-0.2, -0.15) is 0 Å². The molecule has 0 bridgehead atoms. The van der Waals surface area contributed by atoms with Crippen molar-refractivity contribution in [2.75, 3.05) is 0 Å². The van der Waals surface area contributed by atoms with Gasteiger partial charge in [-0.05, 0) is 32.1 Å². The molecule has 3 atom stereocenters. The molecule has 1 aliphatic carbocycles. The van der Waals surface area contributed by atoms with Gasteiger partial charge in [-0.25, -0.2) is 4.79 Å². The second-order valence-corrected chi connectivity index (χ2v) is 4.99. The minimum absolute atomic E-state index is 0.00905. The summed E-state index contributed by atoms with van der Waals surface area (Å²) < 4.78 is 0. The summed E-state index contributed by atoms with van der Waals surface area (Å²) in [6.45, 7) is 5.39. The van der Waals surface area contributed by atoms with E-state index in [9.17, 15) is 9.59 Å². The van der Waals surface area contributed by atoms with Gasteiger partial charge in [0, 0.05) is 5.92 Å². The molecule has 0 heterocycles. The minimum Gasteiger partial charge on any atom is -0.480 e. The van der Waals surface area contributed by atoms with Crippen molar-refractivity contribution < 1.29 is 14.7 Å². The Morgan fingerprint density at radius 2 is 2.06 bits per heavy atom. The molecule has 4 heteroatoms. The van der Waals surface area contributed by atoms with E-state index in [0.29, 0.717) is 12.3 Å². The second-order valence-electron chi connectivity index (χ2n) is 4.99. The Kier molecular flexibility index (Phi) is 3.94. The van der Waals surface area contributed by atoms with Crippen molar-refractivity contribution in [2.24, 2.45) is 11.8 Å². The molecule has 1 amide bonds. The fraction of sp³-hybridized carbons (Fsp3) is 0.833. The summed E-state index contributed by atoms with van der Waals surface area (Å²) in [5.74, 6) is -0.703. The van der Waals surface area contributed by atoms with Crippen molar-refractivity contribution in [3.8, 4) is 0 Å². The van der Waals surface area contributed by atoms with E-state index in [-0.39, 0.29) is 11.8 Å². The Bertz CT molecular complexity index is 290. The number of carboxylic acid groups (broad SMARTS) is 1. The molecule has 4 nitrogen and oxygen atoms in total. The van der Waals surface area contributed by atoms with Gasteiger partial charge in [0.1, 0.15) is 5.54 Å². The van der Waals surface area contributed by atoms with E-state index in [4.69, 9.17) is 5.11 Å². The number of nitrogens with one attached hydrogen (secondary N) is 1. The first-order valence-corrected chi connectivity index (χ1v) is 5.96. The van der Waals surface area contributed by atoms with Crippen LogP contribution < -0.4 is 5.32 Å². The Morgan fingerprint density at radius 1 is 1.44 bits per heavy atom. The molecule has 0 radical (unpaired) electrons. The lowest BCUT2D eigenvalue weighted by atomic mass is 9.93. The Morgan fingerprint density at radius 3 is 2.44 bits per heavy atom. The summed E-state index contributed by atoms with van der Waals surface area (Å²) in [6, 6.07) is 0. The first-order valence-electron chi connectivity index (χ1n) is 5.96. The maximum atomic E-state index is 12.0. The van der Waals surface area contributed by atoms with Crippen LogP contribution in [0.15, 0.2) is 0 Å². The molecule has 1 rings (SSSR count). The predicted molar refractivity (Wildman–Crippen MR) is 61.0 cm³/mol. The first kappa shape index (κ1) is 13.0. The molecule has 0 aromatic carbocycles. The standard InChI is InChI=1S/C12H21NO3/c1-4-12(3,11(15)16)13-10(14)9-7-5-6-8(9)2/h8-9H,4-7H2,1-3H3,(H,13,14)(H,15,16). The van der Waals surface area contributed by atoms with Gasteiger partial charge in [-0.3, -0.25) is 4.79 Å². The summed E-state index contributed by atoms with van der Waals surface area (Å²) in [5, 5.41) is 11.8. The van der Waals surface area contributed by atoms with Crippen LogP contribution in [-0.2, 0) is 9.59 Å². The molecule has 3 unspecified atom stereocenters. The number of hydrogen-bond donors (Lipinski definition) is 2. The van der Waals surface area contributed by atoms with E-state index in [1.807, 2.05) is 0 Å². The Hall–Kier alpha value is -1.06. The van der Waals surface area contributed by atoms with E-state index < -0.39 is 11.5 Å². The number of amides is 1. The Balaban J connectivity index is 2.65. The van der Waals surface area contributed by atoms with Gasteiger partial charge >= 0.3 is 5.97 Å². The fourth-order valence-electron chi connectivity index (χ4n) is 2.19. The third-order valence-electron chi connectivity index (χ3n) is 3.78. The topological polar surface area (TPSA) is 66.4 Å². The lowest BCUT2D eigenvalue weighted by Gasteiger charge is -2.27. The van der Waals surface area contributed by atoms with Crippen LogP contribution >= 0.6 is 0 Å². The molecular formula is C12H21NO3.